The number of aliphatic hydroxyl groups excluding tert-OH is 1. The zero-order valence-electron chi connectivity index (χ0n) is 7.59. The number of likely N-dealkylation sites (N-methyl/N-ethyl adjacent to an activating group) is 1. The highest BCUT2D eigenvalue weighted by Crippen LogP contribution is 2.21. The molecule has 0 aliphatic carbocycles. The van der Waals surface area contributed by atoms with Gasteiger partial charge >= 0.3 is 6.18 Å². The molecule has 0 aliphatic heterocycles. The Morgan fingerprint density at radius 3 is 2.00 bits per heavy atom. The second-order valence-electron chi connectivity index (χ2n) is 2.99. The van der Waals surface area contributed by atoms with Crippen LogP contribution in [0.15, 0.2) is 0 Å². The van der Waals surface area contributed by atoms with Crippen molar-refractivity contribution in [3.63, 3.8) is 0 Å². The lowest BCUT2D eigenvalue weighted by Crippen LogP contribution is -2.47. The standard InChI is InChI=1S/C7H12F3NO2/c1-4(2)11(3)6(13)5(12)7(8,9)10/h4-5,12H,1-3H3/t5-/m0/s1. The third-order valence-corrected chi connectivity index (χ3v) is 1.67. The van der Waals surface area contributed by atoms with Gasteiger partial charge in [-0.25, -0.2) is 0 Å². The Morgan fingerprint density at radius 1 is 1.38 bits per heavy atom. The van der Waals surface area contributed by atoms with Gasteiger partial charge in [0.2, 0.25) is 6.10 Å². The first-order chi connectivity index (χ1) is 5.68. The van der Waals surface area contributed by atoms with Crippen molar-refractivity contribution in [2.45, 2.75) is 32.2 Å². The molecule has 0 rings (SSSR count). The van der Waals surface area contributed by atoms with E-state index in [1.807, 2.05) is 0 Å². The van der Waals surface area contributed by atoms with Gasteiger partial charge in [0.15, 0.2) is 0 Å². The van der Waals surface area contributed by atoms with Crippen LogP contribution in [0.25, 0.3) is 0 Å². The van der Waals surface area contributed by atoms with Crippen LogP contribution >= 0.6 is 0 Å². The number of alkyl halides is 3. The topological polar surface area (TPSA) is 40.5 Å². The number of hydrogen-bond donors (Lipinski definition) is 1. The van der Waals surface area contributed by atoms with Crippen LogP contribution in [0.4, 0.5) is 13.2 Å². The van der Waals surface area contributed by atoms with E-state index in [0.717, 1.165) is 4.90 Å². The number of carbonyl (C=O) groups is 1. The molecule has 13 heavy (non-hydrogen) atoms. The first-order valence-corrected chi connectivity index (χ1v) is 3.69. The number of rotatable bonds is 2. The summed E-state index contributed by atoms with van der Waals surface area (Å²) in [6.07, 6.45) is -7.81. The zero-order chi connectivity index (χ0) is 10.8. The quantitative estimate of drug-likeness (QED) is 0.713. The Labute approximate surface area is 74.1 Å². The molecule has 0 saturated heterocycles. The number of aliphatic hydroxyl groups is 1. The van der Waals surface area contributed by atoms with Gasteiger partial charge in [0, 0.05) is 13.1 Å². The SMILES string of the molecule is CC(C)N(C)C(=O)[C@H](O)C(F)(F)F. The first-order valence-electron chi connectivity index (χ1n) is 3.69. The lowest BCUT2D eigenvalue weighted by molar-refractivity contribution is -0.210. The van der Waals surface area contributed by atoms with Crippen molar-refractivity contribution in [1.29, 1.82) is 0 Å². The Morgan fingerprint density at radius 2 is 1.77 bits per heavy atom. The predicted molar refractivity (Wildman–Crippen MR) is 40.0 cm³/mol. The van der Waals surface area contributed by atoms with Gasteiger partial charge < -0.3 is 10.0 Å². The highest BCUT2D eigenvalue weighted by molar-refractivity contribution is 5.81. The van der Waals surface area contributed by atoms with E-state index < -0.39 is 18.2 Å². The van der Waals surface area contributed by atoms with Crippen molar-refractivity contribution < 1.29 is 23.1 Å². The van der Waals surface area contributed by atoms with Crippen LogP contribution in [-0.2, 0) is 4.79 Å². The van der Waals surface area contributed by atoms with E-state index in [0.29, 0.717) is 0 Å². The summed E-state index contributed by atoms with van der Waals surface area (Å²) >= 11 is 0. The van der Waals surface area contributed by atoms with E-state index in [2.05, 4.69) is 0 Å². The van der Waals surface area contributed by atoms with E-state index in [4.69, 9.17) is 5.11 Å². The molecular weight excluding hydrogens is 187 g/mol. The van der Waals surface area contributed by atoms with Crippen molar-refractivity contribution in [1.82, 2.24) is 4.90 Å². The van der Waals surface area contributed by atoms with Gasteiger partial charge in [0.05, 0.1) is 0 Å². The van der Waals surface area contributed by atoms with Crippen molar-refractivity contribution in [3.8, 4) is 0 Å². The fourth-order valence-corrected chi connectivity index (χ4v) is 0.587. The molecule has 0 aromatic heterocycles. The fourth-order valence-electron chi connectivity index (χ4n) is 0.587. The fraction of sp³-hybridized carbons (Fsp3) is 0.857. The van der Waals surface area contributed by atoms with Crippen LogP contribution in [0.2, 0.25) is 0 Å². The average Bonchev–Trinajstić information content (AvgIpc) is 1.98. The number of carbonyl (C=O) groups excluding carboxylic acids is 1. The molecule has 0 unspecified atom stereocenters. The smallest absolute Gasteiger partial charge is 0.376 e. The summed E-state index contributed by atoms with van der Waals surface area (Å²) in [5.41, 5.74) is 0. The molecule has 0 saturated carbocycles. The molecule has 1 atom stereocenters. The van der Waals surface area contributed by atoms with Crippen LogP contribution in [0.1, 0.15) is 13.8 Å². The number of nitrogens with zero attached hydrogens (tertiary/aromatic N) is 1. The third kappa shape index (κ3) is 3.22. The minimum absolute atomic E-state index is 0.371. The van der Waals surface area contributed by atoms with Crippen LogP contribution in [0, 0.1) is 0 Å². The van der Waals surface area contributed by atoms with Crippen molar-refractivity contribution in [2.75, 3.05) is 7.05 Å². The van der Waals surface area contributed by atoms with Crippen molar-refractivity contribution >= 4 is 5.91 Å². The van der Waals surface area contributed by atoms with Gasteiger partial charge in [-0.15, -0.1) is 0 Å². The highest BCUT2D eigenvalue weighted by atomic mass is 19.4. The normalized spacial score (nSPS) is 14.5. The molecule has 0 aromatic rings. The predicted octanol–water partition coefficient (Wildman–Crippen LogP) is 0.776. The molecule has 0 aliphatic rings. The molecule has 0 spiro atoms. The largest absolute Gasteiger partial charge is 0.423 e. The van der Waals surface area contributed by atoms with Gasteiger partial charge in [-0.2, -0.15) is 13.2 Å². The van der Waals surface area contributed by atoms with Crippen LogP contribution in [0.3, 0.4) is 0 Å². The maximum atomic E-state index is 11.8. The summed E-state index contributed by atoms with van der Waals surface area (Å²) in [7, 11) is 1.21. The van der Waals surface area contributed by atoms with E-state index >= 15 is 0 Å². The molecule has 0 heterocycles. The van der Waals surface area contributed by atoms with Gasteiger partial charge in [-0.3, -0.25) is 4.79 Å². The molecule has 0 aromatic carbocycles. The molecule has 1 amide bonds. The Balaban J connectivity index is 4.44. The van der Waals surface area contributed by atoms with E-state index in [-0.39, 0.29) is 6.04 Å². The zero-order valence-corrected chi connectivity index (χ0v) is 7.59. The van der Waals surface area contributed by atoms with Gasteiger partial charge in [-0.1, -0.05) is 0 Å². The first kappa shape index (κ1) is 12.2. The molecule has 6 heteroatoms. The average molecular weight is 199 g/mol. The summed E-state index contributed by atoms with van der Waals surface area (Å²) in [4.78, 5) is 11.7. The van der Waals surface area contributed by atoms with Crippen molar-refractivity contribution in [2.24, 2.45) is 0 Å². The Kier molecular flexibility index (Phi) is 3.71. The highest BCUT2D eigenvalue weighted by Gasteiger charge is 2.45. The minimum Gasteiger partial charge on any atom is -0.376 e. The van der Waals surface area contributed by atoms with E-state index in [1.54, 1.807) is 13.8 Å². The van der Waals surface area contributed by atoms with Gasteiger partial charge in [0.1, 0.15) is 0 Å². The summed E-state index contributed by atoms with van der Waals surface area (Å²) in [5, 5.41) is 8.56. The lowest BCUT2D eigenvalue weighted by atomic mass is 10.2. The van der Waals surface area contributed by atoms with Crippen LogP contribution in [0.5, 0.6) is 0 Å². The van der Waals surface area contributed by atoms with E-state index in [9.17, 15) is 18.0 Å². The summed E-state index contributed by atoms with van der Waals surface area (Å²) in [5.74, 6) is -1.33. The third-order valence-electron chi connectivity index (χ3n) is 1.67. The summed E-state index contributed by atoms with van der Waals surface area (Å²) in [6.45, 7) is 3.11. The number of hydrogen-bond acceptors (Lipinski definition) is 2. The molecule has 3 nitrogen and oxygen atoms in total. The van der Waals surface area contributed by atoms with Gasteiger partial charge in [-0.05, 0) is 13.8 Å². The molecule has 0 bridgehead atoms. The van der Waals surface area contributed by atoms with Crippen LogP contribution in [-0.4, -0.2) is 41.3 Å². The second kappa shape index (κ2) is 3.95. The van der Waals surface area contributed by atoms with E-state index in [1.165, 1.54) is 7.05 Å². The van der Waals surface area contributed by atoms with Crippen molar-refractivity contribution in [3.05, 3.63) is 0 Å². The molecule has 78 valence electrons. The van der Waals surface area contributed by atoms with Gasteiger partial charge in [0.25, 0.3) is 5.91 Å². The second-order valence-corrected chi connectivity index (χ2v) is 2.99. The van der Waals surface area contributed by atoms with Crippen LogP contribution < -0.4 is 0 Å². The molecule has 1 N–H and O–H groups in total. The number of amides is 1. The lowest BCUT2D eigenvalue weighted by Gasteiger charge is -2.25. The molecule has 0 radical (unpaired) electrons. The maximum Gasteiger partial charge on any atom is 0.423 e. The minimum atomic E-state index is -4.89. The summed E-state index contributed by atoms with van der Waals surface area (Å²) in [6, 6.07) is -0.371. The maximum absolute atomic E-state index is 11.8. The Bertz CT molecular complexity index is 191. The summed E-state index contributed by atoms with van der Waals surface area (Å²) < 4.78 is 35.5. The monoisotopic (exact) mass is 199 g/mol. The molecular formula is C7H12F3NO2. The molecule has 0 fully saturated rings. The number of halogens is 3. The Hall–Kier alpha value is -0.780.